The van der Waals surface area contributed by atoms with Crippen molar-refractivity contribution in [1.29, 1.82) is 5.41 Å². The number of benzene rings is 2. The van der Waals surface area contributed by atoms with Gasteiger partial charge in [-0.1, -0.05) is 6.92 Å². The zero-order valence-electron chi connectivity index (χ0n) is 19.9. The molecule has 0 heterocycles. The molecule has 0 aromatic heterocycles. The molecule has 6 N–H and O–H groups in total. The third-order valence-electron chi connectivity index (χ3n) is 4.48. The summed E-state index contributed by atoms with van der Waals surface area (Å²) in [6.07, 6.45) is 0.698. The van der Waals surface area contributed by atoms with Gasteiger partial charge in [0.2, 0.25) is 0 Å². The van der Waals surface area contributed by atoms with Gasteiger partial charge in [0.05, 0.1) is 20.3 Å². The van der Waals surface area contributed by atoms with Gasteiger partial charge in [-0.3, -0.25) is 10.2 Å². The van der Waals surface area contributed by atoms with Crippen molar-refractivity contribution in [3.05, 3.63) is 53.1 Å². The third kappa shape index (κ3) is 8.62. The number of carboxylic acids is 1. The van der Waals surface area contributed by atoms with E-state index in [9.17, 15) is 9.90 Å². The number of esters is 1. The smallest absolute Gasteiger partial charge is 0.333 e. The van der Waals surface area contributed by atoms with E-state index in [-0.39, 0.29) is 19.0 Å². The summed E-state index contributed by atoms with van der Waals surface area (Å²) in [5, 5.41) is 27.3. The molecule has 34 heavy (non-hydrogen) atoms. The van der Waals surface area contributed by atoms with Crippen LogP contribution in [0.25, 0.3) is 0 Å². The molecular formula is C24H33N3O7. The fourth-order valence-electron chi connectivity index (χ4n) is 2.99. The predicted octanol–water partition coefficient (Wildman–Crippen LogP) is 2.72. The molecule has 2 aromatic carbocycles. The quantitative estimate of drug-likeness (QED) is 0.187. The number of aryl methyl sites for hydroxylation is 1. The van der Waals surface area contributed by atoms with Crippen LogP contribution in [0.15, 0.2) is 36.4 Å². The Kier molecular flexibility index (Phi) is 11.9. The maximum Gasteiger partial charge on any atom is 0.333 e. The highest BCUT2D eigenvalue weighted by Crippen LogP contribution is 2.36. The molecule has 0 saturated heterocycles. The lowest BCUT2D eigenvalue weighted by Crippen LogP contribution is -2.24. The molecular weight excluding hydrogens is 442 g/mol. The second kappa shape index (κ2) is 14.4. The van der Waals surface area contributed by atoms with Crippen molar-refractivity contribution < 1.29 is 34.0 Å². The number of aliphatic carboxylic acids is 1. The molecule has 1 atom stereocenters. The van der Waals surface area contributed by atoms with Gasteiger partial charge in [-0.2, -0.15) is 0 Å². The number of amidine groups is 1. The lowest BCUT2D eigenvalue weighted by atomic mass is 9.99. The number of nitrogens with two attached hydrogens (primary N) is 1. The predicted molar refractivity (Wildman–Crippen MR) is 129 cm³/mol. The average molecular weight is 476 g/mol. The van der Waals surface area contributed by atoms with Crippen molar-refractivity contribution in [2.45, 2.75) is 33.2 Å². The second-order valence-corrected chi connectivity index (χ2v) is 6.97. The average Bonchev–Trinajstić information content (AvgIpc) is 2.81. The minimum atomic E-state index is -0.854. The first-order valence-corrected chi connectivity index (χ1v) is 10.7. The lowest BCUT2D eigenvalue weighted by Gasteiger charge is -2.23. The molecule has 0 aliphatic carbocycles. The molecule has 2 aromatic rings. The zero-order valence-corrected chi connectivity index (χ0v) is 19.9. The van der Waals surface area contributed by atoms with E-state index in [2.05, 4.69) is 5.32 Å². The fraction of sp³-hybridized carbons (Fsp3) is 0.375. The van der Waals surface area contributed by atoms with Crippen molar-refractivity contribution in [2.75, 3.05) is 32.2 Å². The number of carbonyl (C=O) groups is 2. The standard InChI is InChI=1S/C22H29N3O5.C2H4O2/c1-4-14-12-17(19(30-11-10-26)13-18(14)29-5-2)20(22(27)28-3)25-16-8-6-15(7-9-16)21(23)24;1-2(3)4/h6-9,12-13,20,25-26H,4-5,10-11H2,1-3H3,(H3,23,24);1H3,(H,3,4). The number of aliphatic hydroxyl groups excluding tert-OH is 1. The Hall–Kier alpha value is -3.79. The maximum atomic E-state index is 12.7. The number of methoxy groups -OCH3 is 1. The number of nitrogens with one attached hydrogen (secondary N) is 2. The largest absolute Gasteiger partial charge is 0.493 e. The summed E-state index contributed by atoms with van der Waals surface area (Å²) in [6, 6.07) is 9.59. The van der Waals surface area contributed by atoms with Crippen LogP contribution in [0.3, 0.4) is 0 Å². The van der Waals surface area contributed by atoms with Crippen LogP contribution in [-0.4, -0.2) is 54.9 Å². The number of hydrogen-bond donors (Lipinski definition) is 5. The van der Waals surface area contributed by atoms with Gasteiger partial charge in [-0.25, -0.2) is 4.79 Å². The summed E-state index contributed by atoms with van der Waals surface area (Å²) in [5.74, 6) is -0.269. The molecule has 0 saturated carbocycles. The lowest BCUT2D eigenvalue weighted by molar-refractivity contribution is -0.141. The van der Waals surface area contributed by atoms with Crippen LogP contribution in [0.4, 0.5) is 5.69 Å². The highest BCUT2D eigenvalue weighted by atomic mass is 16.5. The SMILES string of the molecule is CC(=O)O.CCOc1cc(OCCO)c(C(Nc2ccc(C(=N)N)cc2)C(=O)OC)cc1CC. The minimum Gasteiger partial charge on any atom is -0.493 e. The summed E-state index contributed by atoms with van der Waals surface area (Å²) < 4.78 is 16.4. The van der Waals surface area contributed by atoms with Crippen LogP contribution >= 0.6 is 0 Å². The Morgan fingerprint density at radius 2 is 1.74 bits per heavy atom. The molecule has 0 bridgehead atoms. The maximum absolute atomic E-state index is 12.7. The number of rotatable bonds is 11. The van der Waals surface area contributed by atoms with E-state index in [0.717, 1.165) is 12.5 Å². The van der Waals surface area contributed by atoms with E-state index in [1.165, 1.54) is 7.11 Å². The van der Waals surface area contributed by atoms with E-state index in [4.69, 9.17) is 35.3 Å². The van der Waals surface area contributed by atoms with Gasteiger partial charge in [-0.15, -0.1) is 0 Å². The first-order valence-electron chi connectivity index (χ1n) is 10.7. The molecule has 0 aliphatic heterocycles. The minimum absolute atomic E-state index is 0.0372. The number of carboxylic acid groups (broad SMARTS) is 1. The fourth-order valence-corrected chi connectivity index (χ4v) is 2.99. The molecule has 0 spiro atoms. The molecule has 2 rings (SSSR count). The molecule has 0 fully saturated rings. The normalized spacial score (nSPS) is 10.9. The first-order chi connectivity index (χ1) is 16.2. The van der Waals surface area contributed by atoms with Gasteiger partial charge in [0, 0.05) is 29.8 Å². The van der Waals surface area contributed by atoms with Gasteiger partial charge < -0.3 is 35.5 Å². The van der Waals surface area contributed by atoms with E-state index in [1.54, 1.807) is 30.3 Å². The van der Waals surface area contributed by atoms with Crippen molar-refractivity contribution in [3.63, 3.8) is 0 Å². The Morgan fingerprint density at radius 3 is 2.21 bits per heavy atom. The van der Waals surface area contributed by atoms with Gasteiger partial charge in [0.1, 0.15) is 23.9 Å². The number of anilines is 1. The van der Waals surface area contributed by atoms with E-state index in [0.29, 0.717) is 41.3 Å². The van der Waals surface area contributed by atoms with E-state index in [1.807, 2.05) is 19.9 Å². The van der Waals surface area contributed by atoms with Crippen molar-refractivity contribution in [2.24, 2.45) is 5.73 Å². The summed E-state index contributed by atoms with van der Waals surface area (Å²) in [6.45, 7) is 5.38. The van der Waals surface area contributed by atoms with Gasteiger partial charge in [0.15, 0.2) is 6.04 Å². The number of carbonyl (C=O) groups excluding carboxylic acids is 1. The van der Waals surface area contributed by atoms with Gasteiger partial charge in [-0.05, 0) is 49.2 Å². The Labute approximate surface area is 199 Å². The Bertz CT molecular complexity index is 958. The summed E-state index contributed by atoms with van der Waals surface area (Å²) in [4.78, 5) is 21.7. The van der Waals surface area contributed by atoms with E-state index < -0.39 is 18.0 Å². The Morgan fingerprint density at radius 1 is 1.12 bits per heavy atom. The molecule has 10 nitrogen and oxygen atoms in total. The number of hydrogen-bond acceptors (Lipinski definition) is 8. The number of nitrogen functional groups attached to an aromatic ring is 1. The van der Waals surface area contributed by atoms with Crippen LogP contribution in [-0.2, 0) is 20.7 Å². The van der Waals surface area contributed by atoms with Crippen molar-refractivity contribution in [1.82, 2.24) is 0 Å². The summed E-state index contributed by atoms with van der Waals surface area (Å²) >= 11 is 0. The molecule has 1 unspecified atom stereocenters. The summed E-state index contributed by atoms with van der Waals surface area (Å²) in [5.41, 5.74) is 8.23. The third-order valence-corrected chi connectivity index (χ3v) is 4.48. The molecule has 186 valence electrons. The van der Waals surface area contributed by atoms with Crippen molar-refractivity contribution in [3.8, 4) is 11.5 Å². The Balaban J connectivity index is 0.00000133. The topological polar surface area (TPSA) is 164 Å². The zero-order chi connectivity index (χ0) is 25.7. The highest BCUT2D eigenvalue weighted by Gasteiger charge is 2.27. The van der Waals surface area contributed by atoms with Crippen LogP contribution in [0.1, 0.15) is 43.5 Å². The highest BCUT2D eigenvalue weighted by molar-refractivity contribution is 5.95. The second-order valence-electron chi connectivity index (χ2n) is 6.97. The number of ether oxygens (including phenoxy) is 3. The molecule has 0 aliphatic rings. The molecule has 0 radical (unpaired) electrons. The monoisotopic (exact) mass is 475 g/mol. The van der Waals surface area contributed by atoms with Gasteiger partial charge >= 0.3 is 5.97 Å². The van der Waals surface area contributed by atoms with Crippen LogP contribution < -0.4 is 20.5 Å². The summed E-state index contributed by atoms with van der Waals surface area (Å²) in [7, 11) is 1.32. The van der Waals surface area contributed by atoms with E-state index >= 15 is 0 Å². The van der Waals surface area contributed by atoms with Crippen molar-refractivity contribution >= 4 is 23.5 Å². The van der Waals surface area contributed by atoms with Gasteiger partial charge in [0.25, 0.3) is 5.97 Å². The molecule has 10 heteroatoms. The van der Waals surface area contributed by atoms with Crippen LogP contribution in [0.2, 0.25) is 0 Å². The number of aliphatic hydroxyl groups is 1. The first kappa shape index (κ1) is 28.2. The van der Waals surface area contributed by atoms with Crippen LogP contribution in [0.5, 0.6) is 11.5 Å². The van der Waals surface area contributed by atoms with Crippen LogP contribution in [0, 0.1) is 5.41 Å². The molecule has 0 amide bonds.